The van der Waals surface area contributed by atoms with Crippen LogP contribution >= 0.6 is 0 Å². The quantitative estimate of drug-likeness (QED) is 0.0349. The van der Waals surface area contributed by atoms with Crippen molar-refractivity contribution in [2.75, 3.05) is 26.4 Å². The average molecular weight is 843 g/mol. The number of hydrogen-bond acceptors (Lipinski definition) is 9. The van der Waals surface area contributed by atoms with E-state index in [-0.39, 0.29) is 19.2 Å². The molecule has 59 heavy (non-hydrogen) atoms. The summed E-state index contributed by atoms with van der Waals surface area (Å²) in [6, 6.07) is 0. The maximum atomic E-state index is 12.8. The van der Waals surface area contributed by atoms with Gasteiger partial charge in [0.15, 0.2) is 6.29 Å². The number of ether oxygens (including phenoxy) is 4. The summed E-state index contributed by atoms with van der Waals surface area (Å²) in [5.74, 6) is -0.308. The molecule has 1 aliphatic rings. The number of carbonyl (C=O) groups excluding carboxylic acids is 1. The van der Waals surface area contributed by atoms with Crippen LogP contribution in [0.5, 0.6) is 0 Å². The number of esters is 1. The van der Waals surface area contributed by atoms with E-state index in [1.165, 1.54) is 199 Å². The van der Waals surface area contributed by atoms with Crippen molar-refractivity contribution in [3.05, 3.63) is 0 Å². The third-order valence-corrected chi connectivity index (χ3v) is 12.3. The van der Waals surface area contributed by atoms with Crippen LogP contribution in [0.4, 0.5) is 0 Å². The van der Waals surface area contributed by atoms with Gasteiger partial charge in [-0.05, 0) is 12.8 Å². The van der Waals surface area contributed by atoms with Crippen LogP contribution in [-0.2, 0) is 23.7 Å². The van der Waals surface area contributed by atoms with Crippen LogP contribution < -0.4 is 0 Å². The van der Waals surface area contributed by atoms with Gasteiger partial charge in [-0.15, -0.1) is 0 Å². The molecule has 6 unspecified atom stereocenters. The first-order chi connectivity index (χ1) is 28.9. The summed E-state index contributed by atoms with van der Waals surface area (Å²) in [6.45, 7) is 4.61. The molecule has 0 spiro atoms. The minimum Gasteiger partial charge on any atom is -0.457 e. The van der Waals surface area contributed by atoms with E-state index in [9.17, 15) is 25.2 Å². The molecular weight excluding hydrogens is 745 g/mol. The van der Waals surface area contributed by atoms with Gasteiger partial charge in [0.1, 0.15) is 30.5 Å². The zero-order valence-electron chi connectivity index (χ0n) is 38.8. The van der Waals surface area contributed by atoms with E-state index in [2.05, 4.69) is 13.8 Å². The van der Waals surface area contributed by atoms with E-state index in [1.807, 2.05) is 0 Å². The molecule has 1 saturated heterocycles. The predicted molar refractivity (Wildman–Crippen MR) is 243 cm³/mol. The molecule has 1 fully saturated rings. The molecule has 0 aromatic rings. The third kappa shape index (κ3) is 33.4. The maximum Gasteiger partial charge on any atom is 0.306 e. The number of carbonyl (C=O) groups is 1. The van der Waals surface area contributed by atoms with Gasteiger partial charge in [-0.25, -0.2) is 0 Å². The van der Waals surface area contributed by atoms with E-state index in [1.54, 1.807) is 0 Å². The summed E-state index contributed by atoms with van der Waals surface area (Å²) in [6.07, 6.45) is 40.1. The van der Waals surface area contributed by atoms with Gasteiger partial charge in [0, 0.05) is 13.0 Å². The highest BCUT2D eigenvalue weighted by molar-refractivity contribution is 5.69. The fraction of sp³-hybridized carbons (Fsp3) is 0.980. The molecule has 9 heteroatoms. The van der Waals surface area contributed by atoms with Crippen molar-refractivity contribution >= 4 is 5.97 Å². The molecular formula is C50H98O9. The standard InChI is InChI=1S/C50H98O9/c1-3-5-7-9-11-13-15-17-18-19-20-21-22-23-24-25-26-27-28-30-32-34-36-38-40-56-42-44(43-57-50-49(55)48(54)47(53)45(41-51)59-50)58-46(52)39-37-35-33-31-29-16-14-12-10-8-6-4-2/h44-45,47-51,53-55H,3-43H2,1-2H3. The van der Waals surface area contributed by atoms with Gasteiger partial charge in [0.25, 0.3) is 0 Å². The molecule has 9 nitrogen and oxygen atoms in total. The Kier molecular flexibility index (Phi) is 40.5. The van der Waals surface area contributed by atoms with Gasteiger partial charge in [-0.1, -0.05) is 232 Å². The van der Waals surface area contributed by atoms with Crippen LogP contribution in [0, 0.1) is 0 Å². The van der Waals surface area contributed by atoms with Crippen LogP contribution in [0.15, 0.2) is 0 Å². The normalized spacial score (nSPS) is 20.0. The first-order valence-corrected chi connectivity index (χ1v) is 25.6. The first-order valence-electron chi connectivity index (χ1n) is 25.6. The molecule has 6 atom stereocenters. The van der Waals surface area contributed by atoms with Crippen molar-refractivity contribution in [1.82, 2.24) is 0 Å². The monoisotopic (exact) mass is 843 g/mol. The molecule has 352 valence electrons. The summed E-state index contributed by atoms with van der Waals surface area (Å²) in [5.41, 5.74) is 0. The van der Waals surface area contributed by atoms with Gasteiger partial charge >= 0.3 is 5.97 Å². The molecule has 0 amide bonds. The minimum atomic E-state index is -1.53. The number of rotatable bonds is 45. The minimum absolute atomic E-state index is 0.105. The van der Waals surface area contributed by atoms with Crippen LogP contribution in [0.2, 0.25) is 0 Å². The van der Waals surface area contributed by atoms with Gasteiger partial charge in [0.2, 0.25) is 0 Å². The molecule has 0 aromatic carbocycles. The van der Waals surface area contributed by atoms with Crippen molar-refractivity contribution in [3.63, 3.8) is 0 Å². The topological polar surface area (TPSA) is 135 Å². The Morgan fingerprint density at radius 2 is 0.831 bits per heavy atom. The SMILES string of the molecule is CCCCCCCCCCCCCCCCCCCCCCCCCCOCC(COC1OC(CO)C(O)C(O)C1O)OC(=O)CCCCCCCCCCCCCC. The summed E-state index contributed by atoms with van der Waals surface area (Å²) in [5, 5.41) is 40.2. The molecule has 0 bridgehead atoms. The Morgan fingerprint density at radius 3 is 1.20 bits per heavy atom. The number of aliphatic hydroxyl groups is 4. The van der Waals surface area contributed by atoms with Gasteiger partial charge < -0.3 is 39.4 Å². The van der Waals surface area contributed by atoms with Gasteiger partial charge in [-0.2, -0.15) is 0 Å². The second-order valence-corrected chi connectivity index (χ2v) is 18.0. The summed E-state index contributed by atoms with van der Waals surface area (Å²) in [7, 11) is 0. The van der Waals surface area contributed by atoms with E-state index in [4.69, 9.17) is 18.9 Å². The lowest BCUT2D eigenvalue weighted by molar-refractivity contribution is -0.305. The Bertz CT molecular complexity index is 873. The highest BCUT2D eigenvalue weighted by Gasteiger charge is 2.44. The van der Waals surface area contributed by atoms with Crippen molar-refractivity contribution in [1.29, 1.82) is 0 Å². The Morgan fingerprint density at radius 1 is 0.475 bits per heavy atom. The van der Waals surface area contributed by atoms with E-state index < -0.39 is 43.4 Å². The number of hydrogen-bond donors (Lipinski definition) is 4. The lowest BCUT2D eigenvalue weighted by Gasteiger charge is -2.39. The van der Waals surface area contributed by atoms with E-state index in [0.717, 1.165) is 32.1 Å². The molecule has 0 radical (unpaired) electrons. The zero-order valence-corrected chi connectivity index (χ0v) is 38.8. The Labute approximate surface area is 363 Å². The molecule has 4 N–H and O–H groups in total. The fourth-order valence-electron chi connectivity index (χ4n) is 8.26. The lowest BCUT2D eigenvalue weighted by Crippen LogP contribution is -2.59. The molecule has 0 aliphatic carbocycles. The van der Waals surface area contributed by atoms with Crippen molar-refractivity contribution < 1.29 is 44.2 Å². The molecule has 1 heterocycles. The van der Waals surface area contributed by atoms with Crippen molar-refractivity contribution in [3.8, 4) is 0 Å². The Balaban J connectivity index is 2.13. The van der Waals surface area contributed by atoms with Crippen LogP contribution in [0.25, 0.3) is 0 Å². The second kappa shape index (κ2) is 42.5. The molecule has 0 aromatic heterocycles. The van der Waals surface area contributed by atoms with E-state index in [0.29, 0.717) is 13.0 Å². The van der Waals surface area contributed by atoms with E-state index >= 15 is 0 Å². The highest BCUT2D eigenvalue weighted by atomic mass is 16.7. The zero-order chi connectivity index (χ0) is 42.9. The third-order valence-electron chi connectivity index (χ3n) is 12.3. The maximum absolute atomic E-state index is 12.8. The Hall–Kier alpha value is -0.810. The lowest BCUT2D eigenvalue weighted by atomic mass is 9.99. The van der Waals surface area contributed by atoms with Crippen LogP contribution in [-0.4, -0.2) is 89.6 Å². The largest absolute Gasteiger partial charge is 0.457 e. The molecule has 1 aliphatic heterocycles. The number of unbranched alkanes of at least 4 members (excludes halogenated alkanes) is 34. The molecule has 1 rings (SSSR count). The summed E-state index contributed by atoms with van der Waals surface area (Å²) < 4.78 is 22.9. The highest BCUT2D eigenvalue weighted by Crippen LogP contribution is 2.23. The number of aliphatic hydroxyl groups excluding tert-OH is 4. The summed E-state index contributed by atoms with van der Waals surface area (Å²) >= 11 is 0. The second-order valence-electron chi connectivity index (χ2n) is 18.0. The van der Waals surface area contributed by atoms with Crippen LogP contribution in [0.1, 0.15) is 251 Å². The van der Waals surface area contributed by atoms with Crippen molar-refractivity contribution in [2.24, 2.45) is 0 Å². The predicted octanol–water partition coefficient (Wildman–Crippen LogP) is 12.2. The fourth-order valence-corrected chi connectivity index (χ4v) is 8.26. The molecule has 0 saturated carbocycles. The van der Waals surface area contributed by atoms with Gasteiger partial charge in [-0.3, -0.25) is 4.79 Å². The first kappa shape index (κ1) is 56.2. The van der Waals surface area contributed by atoms with Crippen molar-refractivity contribution in [2.45, 2.75) is 288 Å². The average Bonchev–Trinajstić information content (AvgIpc) is 3.24. The smallest absolute Gasteiger partial charge is 0.306 e. The van der Waals surface area contributed by atoms with Gasteiger partial charge in [0.05, 0.1) is 19.8 Å². The van der Waals surface area contributed by atoms with Crippen LogP contribution in [0.3, 0.4) is 0 Å². The summed E-state index contributed by atoms with van der Waals surface area (Å²) in [4.78, 5) is 12.8.